The summed E-state index contributed by atoms with van der Waals surface area (Å²) < 4.78 is 38.8. The molecule has 2 aromatic carbocycles. The number of fused-ring (bicyclic) bond motifs is 2. The Morgan fingerprint density at radius 2 is 1.68 bits per heavy atom. The largest absolute Gasteiger partial charge is 0.416 e. The summed E-state index contributed by atoms with van der Waals surface area (Å²) in [5, 5.41) is 3.27. The summed E-state index contributed by atoms with van der Waals surface area (Å²) in [4.78, 5) is 6.26. The summed E-state index contributed by atoms with van der Waals surface area (Å²) >= 11 is 1.52. The molecule has 0 spiro atoms. The molecule has 0 bridgehead atoms. The number of likely N-dealkylation sites (N-methyl/N-ethyl adjacent to an activating group) is 1. The molecule has 152 valence electrons. The van der Waals surface area contributed by atoms with Crippen LogP contribution in [0.1, 0.15) is 18.9 Å². The van der Waals surface area contributed by atoms with Crippen molar-refractivity contribution >= 4 is 23.1 Å². The van der Waals surface area contributed by atoms with Crippen molar-refractivity contribution in [3.8, 4) is 0 Å². The minimum Gasteiger partial charge on any atom is -0.340 e. The first kappa shape index (κ1) is 21.0. The van der Waals surface area contributed by atoms with Gasteiger partial charge >= 0.3 is 6.18 Å². The summed E-state index contributed by atoms with van der Waals surface area (Å²) in [5.74, 6) is 0. The lowest BCUT2D eigenvalue weighted by Crippen LogP contribution is -2.40. The Morgan fingerprint density at radius 1 is 1.00 bits per heavy atom. The van der Waals surface area contributed by atoms with E-state index in [1.54, 1.807) is 6.07 Å². The standard InChI is InChI=1S/C16H14F3NS.C5H12N2/c1-2-9-20-12-5-3-4-6-14(12)21-15-8-7-11(10-13(15)20)16(17,18)19;1-7-4-2-6-3-5-7/h3-8,10H,2,9H2,1H3;6H,2-5H2,1H3. The van der Waals surface area contributed by atoms with Crippen molar-refractivity contribution in [3.63, 3.8) is 0 Å². The average Bonchev–Trinajstić information content (AvgIpc) is 2.68. The van der Waals surface area contributed by atoms with Crippen LogP contribution < -0.4 is 10.2 Å². The van der Waals surface area contributed by atoms with Crippen LogP contribution in [0.4, 0.5) is 24.5 Å². The Balaban J connectivity index is 0.000000271. The van der Waals surface area contributed by atoms with E-state index < -0.39 is 11.7 Å². The number of piperazine rings is 1. The fourth-order valence-corrected chi connectivity index (χ4v) is 4.32. The average molecular weight is 410 g/mol. The van der Waals surface area contributed by atoms with Crippen molar-refractivity contribution in [3.05, 3.63) is 48.0 Å². The zero-order chi connectivity index (χ0) is 20.1. The van der Waals surface area contributed by atoms with Crippen LogP contribution in [0, 0.1) is 0 Å². The molecule has 1 N–H and O–H groups in total. The van der Waals surface area contributed by atoms with Gasteiger partial charge in [0, 0.05) is 42.5 Å². The molecule has 2 aliphatic rings. The molecule has 0 amide bonds. The highest BCUT2D eigenvalue weighted by Gasteiger charge is 2.33. The van der Waals surface area contributed by atoms with Gasteiger partial charge in [0.1, 0.15) is 0 Å². The lowest BCUT2D eigenvalue weighted by molar-refractivity contribution is -0.137. The monoisotopic (exact) mass is 409 g/mol. The van der Waals surface area contributed by atoms with Gasteiger partial charge in [-0.05, 0) is 43.8 Å². The number of rotatable bonds is 2. The van der Waals surface area contributed by atoms with E-state index in [9.17, 15) is 13.2 Å². The second kappa shape index (κ2) is 9.20. The number of para-hydroxylation sites is 1. The van der Waals surface area contributed by atoms with E-state index in [-0.39, 0.29) is 0 Å². The van der Waals surface area contributed by atoms with Crippen molar-refractivity contribution < 1.29 is 13.2 Å². The van der Waals surface area contributed by atoms with E-state index in [4.69, 9.17) is 0 Å². The molecule has 2 heterocycles. The number of hydrogen-bond acceptors (Lipinski definition) is 4. The van der Waals surface area contributed by atoms with Gasteiger partial charge in [0.2, 0.25) is 0 Å². The van der Waals surface area contributed by atoms with Crippen LogP contribution in [-0.4, -0.2) is 44.7 Å². The molecule has 0 radical (unpaired) electrons. The molecule has 2 aliphatic heterocycles. The van der Waals surface area contributed by atoms with E-state index in [0.717, 1.165) is 41.1 Å². The zero-order valence-corrected chi connectivity index (χ0v) is 17.0. The molecule has 28 heavy (non-hydrogen) atoms. The van der Waals surface area contributed by atoms with Crippen LogP contribution in [0.25, 0.3) is 0 Å². The number of halogens is 3. The Bertz CT molecular complexity index is 789. The highest BCUT2D eigenvalue weighted by molar-refractivity contribution is 7.99. The van der Waals surface area contributed by atoms with Gasteiger partial charge in [0.15, 0.2) is 0 Å². The van der Waals surface area contributed by atoms with Crippen molar-refractivity contribution in [1.82, 2.24) is 10.2 Å². The van der Waals surface area contributed by atoms with Gasteiger partial charge in [0.25, 0.3) is 0 Å². The van der Waals surface area contributed by atoms with Crippen LogP contribution in [0.3, 0.4) is 0 Å². The van der Waals surface area contributed by atoms with E-state index in [1.165, 1.54) is 30.9 Å². The number of alkyl halides is 3. The summed E-state index contributed by atoms with van der Waals surface area (Å²) in [6.45, 7) is 7.47. The highest BCUT2D eigenvalue weighted by atomic mass is 32.2. The van der Waals surface area contributed by atoms with E-state index in [0.29, 0.717) is 12.2 Å². The fraction of sp³-hybridized carbons (Fsp3) is 0.429. The Hall–Kier alpha value is -1.70. The molecule has 0 saturated carbocycles. The minimum absolute atomic E-state index is 0.595. The normalized spacial score (nSPS) is 16.7. The summed E-state index contributed by atoms with van der Waals surface area (Å²) in [6, 6.07) is 11.8. The molecule has 3 nitrogen and oxygen atoms in total. The zero-order valence-electron chi connectivity index (χ0n) is 16.2. The SMILES string of the molecule is CCCN1c2ccccc2Sc2ccc(C(F)(F)F)cc21.CN1CCNCC1. The van der Waals surface area contributed by atoms with E-state index in [2.05, 4.69) is 17.3 Å². The third-order valence-electron chi connectivity index (χ3n) is 4.74. The van der Waals surface area contributed by atoms with Crippen LogP contribution in [-0.2, 0) is 6.18 Å². The third-order valence-corrected chi connectivity index (χ3v) is 5.87. The molecule has 7 heteroatoms. The van der Waals surface area contributed by atoms with Gasteiger partial charge in [-0.15, -0.1) is 0 Å². The van der Waals surface area contributed by atoms with E-state index >= 15 is 0 Å². The topological polar surface area (TPSA) is 18.5 Å². The lowest BCUT2D eigenvalue weighted by atomic mass is 10.1. The lowest BCUT2D eigenvalue weighted by Gasteiger charge is -2.33. The molecule has 1 fully saturated rings. The van der Waals surface area contributed by atoms with Crippen molar-refractivity contribution in [2.24, 2.45) is 0 Å². The van der Waals surface area contributed by atoms with Crippen LogP contribution in [0.15, 0.2) is 52.3 Å². The summed E-state index contributed by atoms with van der Waals surface area (Å²) in [6.07, 6.45) is -3.44. The predicted octanol–water partition coefficient (Wildman–Crippen LogP) is 5.24. The van der Waals surface area contributed by atoms with Gasteiger partial charge in [0.05, 0.1) is 16.9 Å². The van der Waals surface area contributed by atoms with Crippen molar-refractivity contribution in [2.75, 3.05) is 44.7 Å². The van der Waals surface area contributed by atoms with Crippen molar-refractivity contribution in [1.29, 1.82) is 0 Å². The molecule has 0 aliphatic carbocycles. The molecule has 0 atom stereocenters. The minimum atomic E-state index is -4.31. The van der Waals surface area contributed by atoms with Gasteiger partial charge in [-0.25, -0.2) is 0 Å². The summed E-state index contributed by atoms with van der Waals surface area (Å²) in [7, 11) is 2.15. The maximum Gasteiger partial charge on any atom is 0.416 e. The number of nitrogens with zero attached hydrogens (tertiary/aromatic N) is 2. The van der Waals surface area contributed by atoms with Gasteiger partial charge < -0.3 is 15.1 Å². The van der Waals surface area contributed by atoms with Crippen LogP contribution in [0.5, 0.6) is 0 Å². The highest BCUT2D eigenvalue weighted by Crippen LogP contribution is 2.49. The fourth-order valence-electron chi connectivity index (χ4n) is 3.25. The molecule has 4 rings (SSSR count). The van der Waals surface area contributed by atoms with Crippen LogP contribution >= 0.6 is 11.8 Å². The number of hydrogen-bond donors (Lipinski definition) is 1. The quantitative estimate of drug-likeness (QED) is 0.731. The Labute approximate surface area is 168 Å². The number of benzene rings is 2. The second-order valence-electron chi connectivity index (χ2n) is 6.95. The van der Waals surface area contributed by atoms with Crippen molar-refractivity contribution in [2.45, 2.75) is 29.3 Å². The van der Waals surface area contributed by atoms with Gasteiger partial charge in [-0.1, -0.05) is 30.8 Å². The molecular formula is C21H26F3N3S. The Morgan fingerprint density at radius 3 is 2.29 bits per heavy atom. The van der Waals surface area contributed by atoms with Gasteiger partial charge in [-0.2, -0.15) is 13.2 Å². The van der Waals surface area contributed by atoms with Gasteiger partial charge in [-0.3, -0.25) is 0 Å². The number of nitrogens with one attached hydrogen (secondary N) is 1. The summed E-state index contributed by atoms with van der Waals surface area (Å²) in [5.41, 5.74) is 1.04. The smallest absolute Gasteiger partial charge is 0.340 e. The number of anilines is 2. The van der Waals surface area contributed by atoms with Crippen LogP contribution in [0.2, 0.25) is 0 Å². The first-order valence-corrected chi connectivity index (χ1v) is 10.4. The first-order chi connectivity index (χ1) is 13.4. The Kier molecular flexibility index (Phi) is 6.91. The first-order valence-electron chi connectivity index (χ1n) is 9.55. The molecular weight excluding hydrogens is 383 g/mol. The molecule has 2 aromatic rings. The maximum absolute atomic E-state index is 12.9. The second-order valence-corrected chi connectivity index (χ2v) is 8.04. The predicted molar refractivity (Wildman–Crippen MR) is 110 cm³/mol. The molecule has 1 saturated heterocycles. The third kappa shape index (κ3) is 5.01. The maximum atomic E-state index is 12.9. The molecule has 0 unspecified atom stereocenters. The van der Waals surface area contributed by atoms with E-state index in [1.807, 2.05) is 36.1 Å². The molecule has 0 aromatic heterocycles.